The Morgan fingerprint density at radius 1 is 0.870 bits per heavy atom. The number of aryl methyl sites for hydroxylation is 1. The zero-order valence-corrected chi connectivity index (χ0v) is 26.1. The predicted octanol–water partition coefficient (Wildman–Crippen LogP) is 0.184. The molecule has 2 saturated heterocycles. The summed E-state index contributed by atoms with van der Waals surface area (Å²) in [4.78, 5) is 12.5. The van der Waals surface area contributed by atoms with Gasteiger partial charge in [0.15, 0.2) is 6.17 Å². The topological polar surface area (TPSA) is 215 Å². The minimum atomic E-state index is -1.97. The van der Waals surface area contributed by atoms with Crippen LogP contribution in [0.4, 0.5) is 4.39 Å². The van der Waals surface area contributed by atoms with Crippen LogP contribution in [0.1, 0.15) is 74.3 Å². The smallest absolute Gasteiger partial charge is 0.238 e. The van der Waals surface area contributed by atoms with Crippen LogP contribution in [-0.4, -0.2) is 126 Å². The maximum atomic E-state index is 14.2. The lowest BCUT2D eigenvalue weighted by Crippen LogP contribution is -2.58. The summed E-state index contributed by atoms with van der Waals surface area (Å²) in [7, 11) is 0. The third-order valence-corrected chi connectivity index (χ3v) is 8.73. The minimum Gasteiger partial charge on any atom is -0.443 e. The number of rotatable bonds is 15. The van der Waals surface area contributed by atoms with Gasteiger partial charge in [0.25, 0.3) is 0 Å². The molecule has 8 N–H and O–H groups in total. The van der Waals surface area contributed by atoms with Crippen molar-refractivity contribution in [2.24, 2.45) is 0 Å². The number of ketones is 1. The molecule has 0 spiro atoms. The normalized spacial score (nSPS) is 31.7. The number of aliphatic hydroxyl groups excluding tert-OH is 7. The highest BCUT2D eigenvalue weighted by atomic mass is 19.1. The molecule has 4 rings (SSSR count). The number of nitrogens with zero attached hydrogens (tertiary/aromatic N) is 1. The third kappa shape index (κ3) is 8.68. The first-order chi connectivity index (χ1) is 21.9. The van der Waals surface area contributed by atoms with E-state index in [1.54, 1.807) is 0 Å². The molecular weight excluding hydrogens is 607 g/mol. The number of aliphatic hydroxyl groups is 7. The molecule has 258 valence electrons. The molecule has 13 nitrogen and oxygen atoms in total. The summed E-state index contributed by atoms with van der Waals surface area (Å²) in [5.41, 5.74) is 3.51. The van der Waals surface area contributed by atoms with E-state index in [0.29, 0.717) is 44.1 Å². The molecule has 2 aliphatic heterocycles. The minimum absolute atomic E-state index is 0.0528. The van der Waals surface area contributed by atoms with E-state index in [2.05, 4.69) is 10.2 Å². The van der Waals surface area contributed by atoms with Gasteiger partial charge < -0.3 is 50.0 Å². The van der Waals surface area contributed by atoms with Crippen molar-refractivity contribution in [3.63, 3.8) is 0 Å². The fraction of sp³-hybridized carbons (Fsp3) is 0.688. The molecule has 0 saturated carbocycles. The number of nitrogens with one attached hydrogen (secondary N) is 1. The highest BCUT2D eigenvalue weighted by Crippen LogP contribution is 2.32. The Balaban J connectivity index is 1.26. The Hall–Kier alpha value is -2.53. The first-order valence-corrected chi connectivity index (χ1v) is 15.8. The first kappa shape index (κ1) is 36.3. The molecule has 0 radical (unpaired) electrons. The van der Waals surface area contributed by atoms with Crippen molar-refractivity contribution in [3.05, 3.63) is 46.6 Å². The van der Waals surface area contributed by atoms with Crippen LogP contribution < -0.4 is 4.74 Å². The molecule has 10 atom stereocenters. The molecule has 1 aromatic carbocycles. The lowest BCUT2D eigenvalue weighted by atomic mass is 9.92. The van der Waals surface area contributed by atoms with Crippen molar-refractivity contribution in [1.29, 1.82) is 0 Å². The van der Waals surface area contributed by atoms with Gasteiger partial charge in [-0.3, -0.25) is 9.89 Å². The van der Waals surface area contributed by atoms with Gasteiger partial charge in [-0.25, -0.2) is 4.39 Å². The third-order valence-electron chi connectivity index (χ3n) is 8.73. The van der Waals surface area contributed by atoms with Crippen molar-refractivity contribution >= 4 is 5.78 Å². The van der Waals surface area contributed by atoms with E-state index in [1.807, 2.05) is 38.1 Å². The summed E-state index contributed by atoms with van der Waals surface area (Å²) >= 11 is 0. The van der Waals surface area contributed by atoms with Crippen LogP contribution in [0.3, 0.4) is 0 Å². The van der Waals surface area contributed by atoms with Gasteiger partial charge in [-0.1, -0.05) is 38.1 Å². The molecule has 10 unspecified atom stereocenters. The zero-order valence-electron chi connectivity index (χ0n) is 26.1. The summed E-state index contributed by atoms with van der Waals surface area (Å²) in [5.74, 6) is 0.266. The van der Waals surface area contributed by atoms with Crippen molar-refractivity contribution < 1.29 is 59.1 Å². The van der Waals surface area contributed by atoms with E-state index < -0.39 is 74.5 Å². The van der Waals surface area contributed by atoms with E-state index in [4.69, 9.17) is 14.2 Å². The number of aromatic nitrogens is 2. The Morgan fingerprint density at radius 2 is 1.50 bits per heavy atom. The van der Waals surface area contributed by atoms with Gasteiger partial charge in [-0.2, -0.15) is 0 Å². The standard InChI is InChI=1S/C32H47FN2O11/c1-16(2)25-20(31(35-34-25)46-32-30(43)28(41)24(33)22(14-36)45-32)13-18-11-9-17(10-12-18)5-3-6-19(38)7-4-8-21-26(39)29(42)27(40)23(15-37)44-21/h9-12,16,21-24,26-30,32,36-37,39-43H,3-8,13-15H2,1-2H3,(H,34,35). The molecule has 0 bridgehead atoms. The van der Waals surface area contributed by atoms with Crippen molar-refractivity contribution in [1.82, 2.24) is 10.2 Å². The monoisotopic (exact) mass is 654 g/mol. The van der Waals surface area contributed by atoms with Crippen LogP contribution in [0.15, 0.2) is 24.3 Å². The maximum Gasteiger partial charge on any atom is 0.238 e. The molecule has 2 aromatic rings. The van der Waals surface area contributed by atoms with Gasteiger partial charge in [-0.05, 0) is 42.7 Å². The molecule has 0 amide bonds. The Morgan fingerprint density at radius 3 is 2.15 bits per heavy atom. The van der Waals surface area contributed by atoms with Crippen LogP contribution in [0.2, 0.25) is 0 Å². The van der Waals surface area contributed by atoms with Crippen LogP contribution >= 0.6 is 0 Å². The van der Waals surface area contributed by atoms with Crippen LogP contribution in [0, 0.1) is 0 Å². The van der Waals surface area contributed by atoms with E-state index in [9.17, 15) is 44.9 Å². The number of alkyl halides is 1. The summed E-state index contributed by atoms with van der Waals surface area (Å²) in [6, 6.07) is 7.88. The quantitative estimate of drug-likeness (QED) is 0.129. The number of benzene rings is 1. The van der Waals surface area contributed by atoms with Crippen LogP contribution in [-0.2, 0) is 27.1 Å². The largest absolute Gasteiger partial charge is 0.443 e. The van der Waals surface area contributed by atoms with E-state index in [-0.39, 0.29) is 24.0 Å². The number of ether oxygens (including phenoxy) is 3. The van der Waals surface area contributed by atoms with Crippen molar-refractivity contribution in [3.8, 4) is 5.88 Å². The molecule has 3 heterocycles. The number of hydrogen-bond donors (Lipinski definition) is 8. The van der Waals surface area contributed by atoms with Gasteiger partial charge in [0.2, 0.25) is 12.2 Å². The summed E-state index contributed by atoms with van der Waals surface area (Å²) < 4.78 is 30.8. The number of Topliss-reactive ketones (excluding diaryl/α,β-unsaturated/α-hetero) is 1. The van der Waals surface area contributed by atoms with Gasteiger partial charge in [0.1, 0.15) is 48.5 Å². The lowest BCUT2D eigenvalue weighted by molar-refractivity contribution is -0.265. The SMILES string of the molecule is CC(C)c1[nH]nc(OC2OC(CO)C(F)C(O)C2O)c1Cc1ccc(CCCC(=O)CCCC2OC(CO)C(O)C(O)C2O)cc1. The molecular formula is C32H47FN2O11. The Kier molecular flexibility index (Phi) is 13.0. The molecule has 2 fully saturated rings. The molecule has 1 aromatic heterocycles. The highest BCUT2D eigenvalue weighted by Gasteiger charge is 2.46. The van der Waals surface area contributed by atoms with Gasteiger partial charge in [0.05, 0.1) is 19.3 Å². The number of H-pyrrole nitrogens is 1. The van der Waals surface area contributed by atoms with Gasteiger partial charge in [0, 0.05) is 30.5 Å². The Labute approximate surface area is 266 Å². The fourth-order valence-corrected chi connectivity index (χ4v) is 5.92. The highest BCUT2D eigenvalue weighted by molar-refractivity contribution is 5.78. The number of halogens is 1. The van der Waals surface area contributed by atoms with Crippen LogP contribution in [0.25, 0.3) is 0 Å². The van der Waals surface area contributed by atoms with E-state index >= 15 is 0 Å². The molecule has 2 aliphatic rings. The average molecular weight is 655 g/mol. The number of aromatic amines is 1. The summed E-state index contributed by atoms with van der Waals surface area (Å²) in [5, 5.41) is 76.3. The second kappa shape index (κ2) is 16.5. The van der Waals surface area contributed by atoms with Crippen molar-refractivity contribution in [2.75, 3.05) is 13.2 Å². The van der Waals surface area contributed by atoms with Gasteiger partial charge >= 0.3 is 0 Å². The summed E-state index contributed by atoms with van der Waals surface area (Å²) in [6.07, 6.45) is -10.9. The second-order valence-electron chi connectivity index (χ2n) is 12.5. The zero-order chi connectivity index (χ0) is 33.5. The second-order valence-corrected chi connectivity index (χ2v) is 12.5. The molecule has 0 aliphatic carbocycles. The number of carbonyl (C=O) groups is 1. The fourth-order valence-electron chi connectivity index (χ4n) is 5.92. The maximum absolute atomic E-state index is 14.2. The molecule has 14 heteroatoms. The molecule has 46 heavy (non-hydrogen) atoms. The lowest BCUT2D eigenvalue weighted by Gasteiger charge is -2.40. The average Bonchev–Trinajstić information content (AvgIpc) is 3.44. The predicted molar refractivity (Wildman–Crippen MR) is 161 cm³/mol. The van der Waals surface area contributed by atoms with E-state index in [0.717, 1.165) is 16.8 Å². The van der Waals surface area contributed by atoms with Crippen molar-refractivity contribution in [2.45, 2.75) is 126 Å². The number of carbonyl (C=O) groups excluding carboxylic acids is 1. The van der Waals surface area contributed by atoms with Gasteiger partial charge in [-0.15, -0.1) is 5.10 Å². The summed E-state index contributed by atoms with van der Waals surface area (Å²) in [6.45, 7) is 2.78. The Bertz CT molecular complexity index is 1240. The first-order valence-electron chi connectivity index (χ1n) is 15.8. The number of hydrogen-bond acceptors (Lipinski definition) is 12. The van der Waals surface area contributed by atoms with Crippen LogP contribution in [0.5, 0.6) is 5.88 Å². The van der Waals surface area contributed by atoms with E-state index in [1.165, 1.54) is 0 Å².